The number of terminal acetylenes is 1. The number of nitrogens with one attached hydrogen (secondary N) is 1. The van der Waals surface area contributed by atoms with Crippen LogP contribution in [0.25, 0.3) is 11.0 Å². The molecule has 2 aliphatic heterocycles. The topological polar surface area (TPSA) is 170 Å². The number of ether oxygens (including phenoxy) is 7. The number of carbonyl (C=O) groups is 2. The Morgan fingerprint density at radius 1 is 1.23 bits per heavy atom. The molecule has 14 heteroatoms. The highest BCUT2D eigenvalue weighted by atomic mass is 16.8. The Hall–Kier alpha value is -3.87. The van der Waals surface area contributed by atoms with E-state index in [-0.39, 0.29) is 29.9 Å². The van der Waals surface area contributed by atoms with Crippen LogP contribution in [0.4, 0.5) is 4.79 Å². The Labute approximate surface area is 253 Å². The van der Waals surface area contributed by atoms with E-state index in [0.29, 0.717) is 18.6 Å². The first-order chi connectivity index (χ1) is 21.0. The fourth-order valence-corrected chi connectivity index (χ4v) is 5.22. The lowest BCUT2D eigenvalue weighted by atomic mass is 9.89. The molecule has 1 amide bonds. The van der Waals surface area contributed by atoms with E-state index in [1.807, 2.05) is 0 Å². The molecule has 2 fully saturated rings. The van der Waals surface area contributed by atoms with E-state index in [0.717, 1.165) is 12.8 Å². The molecule has 5 atom stereocenters. The largest absolute Gasteiger partial charge is 0.506 e. The van der Waals surface area contributed by atoms with Crippen molar-refractivity contribution in [3.8, 4) is 23.8 Å². The molecule has 2 aromatic rings. The van der Waals surface area contributed by atoms with Crippen LogP contribution >= 0.6 is 0 Å². The van der Waals surface area contributed by atoms with Crippen molar-refractivity contribution in [2.75, 3.05) is 26.9 Å². The van der Waals surface area contributed by atoms with Crippen LogP contribution in [-0.4, -0.2) is 80.6 Å². The minimum absolute atomic E-state index is 0.00263. The molecule has 0 spiro atoms. The van der Waals surface area contributed by atoms with Gasteiger partial charge in [0.15, 0.2) is 24.1 Å². The van der Waals surface area contributed by atoms with Crippen LogP contribution in [0.15, 0.2) is 21.3 Å². The lowest BCUT2D eigenvalue weighted by Gasteiger charge is -2.49. The van der Waals surface area contributed by atoms with Crippen molar-refractivity contribution in [2.24, 2.45) is 0 Å². The SMILES string of the molecule is C#CCONC(=O)O[C@@H]1[C@@H](OC2CCCCO2)[C@H](Oc2ccc3c(O)c(C(=O)OCC)c(=O)oc3c2C)OC(C)(C)[C@@H]1OC. The summed E-state index contributed by atoms with van der Waals surface area (Å²) >= 11 is 0. The summed E-state index contributed by atoms with van der Waals surface area (Å²) < 4.78 is 46.5. The molecular weight excluding hydrogens is 582 g/mol. The van der Waals surface area contributed by atoms with Crippen LogP contribution in [0.5, 0.6) is 11.5 Å². The van der Waals surface area contributed by atoms with Gasteiger partial charge < -0.3 is 42.7 Å². The molecule has 0 radical (unpaired) electrons. The average molecular weight is 620 g/mol. The fraction of sp³-hybridized carbons (Fsp3) is 0.567. The third-order valence-corrected chi connectivity index (χ3v) is 7.22. The van der Waals surface area contributed by atoms with Gasteiger partial charge in [-0.2, -0.15) is 5.48 Å². The smallest absolute Gasteiger partial charge is 0.431 e. The summed E-state index contributed by atoms with van der Waals surface area (Å²) in [4.78, 5) is 42.5. The highest BCUT2D eigenvalue weighted by Gasteiger charge is 2.55. The molecule has 1 aromatic heterocycles. The number of aryl methyl sites for hydroxylation is 1. The van der Waals surface area contributed by atoms with Gasteiger partial charge in [-0.25, -0.2) is 14.4 Å². The number of methoxy groups -OCH3 is 1. The second-order valence-electron chi connectivity index (χ2n) is 10.6. The molecule has 1 unspecified atom stereocenters. The molecule has 14 nitrogen and oxygen atoms in total. The van der Waals surface area contributed by atoms with Crippen LogP contribution < -0.4 is 15.8 Å². The quantitative estimate of drug-likeness (QED) is 0.131. The molecule has 2 N–H and O–H groups in total. The van der Waals surface area contributed by atoms with Gasteiger partial charge >= 0.3 is 17.7 Å². The maximum atomic E-state index is 12.7. The fourth-order valence-electron chi connectivity index (χ4n) is 5.22. The van der Waals surface area contributed by atoms with E-state index < -0.39 is 65.5 Å². The minimum Gasteiger partial charge on any atom is -0.506 e. The van der Waals surface area contributed by atoms with Gasteiger partial charge in [-0.3, -0.25) is 4.84 Å². The van der Waals surface area contributed by atoms with Crippen molar-refractivity contribution in [3.05, 3.63) is 33.7 Å². The van der Waals surface area contributed by atoms with Crippen LogP contribution in [-0.2, 0) is 33.3 Å². The molecule has 1 aromatic carbocycles. The molecule has 0 saturated carbocycles. The highest BCUT2D eigenvalue weighted by molar-refractivity contribution is 5.99. The lowest BCUT2D eigenvalue weighted by Crippen LogP contribution is -2.66. The Balaban J connectivity index is 1.72. The van der Waals surface area contributed by atoms with Crippen molar-refractivity contribution in [1.29, 1.82) is 0 Å². The number of fused-ring (bicyclic) bond motifs is 1. The zero-order chi connectivity index (χ0) is 32.0. The maximum Gasteiger partial charge on any atom is 0.431 e. The molecule has 0 bridgehead atoms. The number of amides is 1. The zero-order valence-electron chi connectivity index (χ0n) is 25.2. The van der Waals surface area contributed by atoms with E-state index in [4.69, 9.17) is 48.8 Å². The second kappa shape index (κ2) is 14.3. The van der Waals surface area contributed by atoms with Gasteiger partial charge in [0, 0.05) is 19.3 Å². The molecule has 2 aliphatic rings. The molecular formula is C30H37NO13. The number of aromatic hydroxyl groups is 1. The molecule has 3 heterocycles. The second-order valence-corrected chi connectivity index (χ2v) is 10.6. The number of hydrogen-bond acceptors (Lipinski definition) is 13. The van der Waals surface area contributed by atoms with Gasteiger partial charge in [-0.05, 0) is 59.1 Å². The van der Waals surface area contributed by atoms with Crippen molar-refractivity contribution in [1.82, 2.24) is 5.48 Å². The van der Waals surface area contributed by atoms with Gasteiger partial charge in [0.05, 0.1) is 17.6 Å². The van der Waals surface area contributed by atoms with Crippen molar-refractivity contribution in [3.63, 3.8) is 0 Å². The molecule has 240 valence electrons. The minimum atomic E-state index is -1.21. The summed E-state index contributed by atoms with van der Waals surface area (Å²) in [5.41, 5.74) is -0.350. The number of benzene rings is 1. The average Bonchev–Trinajstić information content (AvgIpc) is 2.97. The van der Waals surface area contributed by atoms with Gasteiger partial charge in [-0.15, -0.1) is 6.42 Å². The lowest BCUT2D eigenvalue weighted by molar-refractivity contribution is -0.338. The molecule has 4 rings (SSSR count). The van der Waals surface area contributed by atoms with Crippen LogP contribution in [0.2, 0.25) is 0 Å². The predicted octanol–water partition coefficient (Wildman–Crippen LogP) is 3.08. The Kier molecular flexibility index (Phi) is 10.7. The Morgan fingerprint density at radius 3 is 2.66 bits per heavy atom. The molecule has 44 heavy (non-hydrogen) atoms. The third kappa shape index (κ3) is 7.09. The van der Waals surface area contributed by atoms with E-state index in [1.165, 1.54) is 19.2 Å². The number of hydrogen-bond donors (Lipinski definition) is 2. The maximum absolute atomic E-state index is 12.7. The summed E-state index contributed by atoms with van der Waals surface area (Å²) in [6.07, 6.45) is 1.67. The van der Waals surface area contributed by atoms with Gasteiger partial charge in [0.1, 0.15) is 29.8 Å². The summed E-state index contributed by atoms with van der Waals surface area (Å²) in [5, 5.41) is 10.9. The number of carbonyl (C=O) groups excluding carboxylic acids is 2. The molecule has 2 saturated heterocycles. The summed E-state index contributed by atoms with van der Waals surface area (Å²) in [6, 6.07) is 2.93. The van der Waals surface area contributed by atoms with E-state index in [9.17, 15) is 19.5 Å². The van der Waals surface area contributed by atoms with Crippen LogP contribution in [0, 0.1) is 19.3 Å². The normalized spacial score (nSPS) is 24.7. The van der Waals surface area contributed by atoms with Crippen LogP contribution in [0.1, 0.15) is 56.0 Å². The first-order valence-electron chi connectivity index (χ1n) is 14.1. The van der Waals surface area contributed by atoms with Crippen molar-refractivity contribution >= 4 is 23.0 Å². The molecule has 0 aliphatic carbocycles. The predicted molar refractivity (Wildman–Crippen MR) is 152 cm³/mol. The van der Waals surface area contributed by atoms with Gasteiger partial charge in [0.25, 0.3) is 0 Å². The number of hydroxylamine groups is 1. The summed E-state index contributed by atoms with van der Waals surface area (Å²) in [7, 11) is 1.45. The van der Waals surface area contributed by atoms with E-state index >= 15 is 0 Å². The van der Waals surface area contributed by atoms with Crippen molar-refractivity contribution < 1.29 is 57.1 Å². The third-order valence-electron chi connectivity index (χ3n) is 7.22. The summed E-state index contributed by atoms with van der Waals surface area (Å²) in [5.74, 6) is 0.841. The highest BCUT2D eigenvalue weighted by Crippen LogP contribution is 2.39. The monoisotopic (exact) mass is 619 g/mol. The van der Waals surface area contributed by atoms with Gasteiger partial charge in [0.2, 0.25) is 6.29 Å². The van der Waals surface area contributed by atoms with E-state index in [1.54, 1.807) is 27.7 Å². The van der Waals surface area contributed by atoms with Crippen molar-refractivity contribution in [2.45, 2.75) is 83.5 Å². The Morgan fingerprint density at radius 2 is 2.00 bits per heavy atom. The van der Waals surface area contributed by atoms with Gasteiger partial charge in [-0.1, -0.05) is 5.92 Å². The van der Waals surface area contributed by atoms with Crippen LogP contribution in [0.3, 0.4) is 0 Å². The standard InChI is InChI=1S/C30H37NO13/c1-7-14-39-31-29(35)43-23-24(41-19-11-9-10-15-38-19)28(44-30(4,5)25(23)36-6)40-18-13-12-17-21(32)20(26(33)37-8-2)27(34)42-22(17)16(18)3/h1,12-13,19,23-25,28,32H,8-11,14-15H2,2-6H3,(H,31,35)/t19?,23-,24-,25-,28-/m1/s1. The number of rotatable bonds is 10. The first-order valence-corrected chi connectivity index (χ1v) is 14.1. The van der Waals surface area contributed by atoms with E-state index in [2.05, 4.69) is 11.4 Å². The zero-order valence-corrected chi connectivity index (χ0v) is 25.2. The number of esters is 1. The summed E-state index contributed by atoms with van der Waals surface area (Å²) in [6.45, 7) is 6.93. The Bertz CT molecular complexity index is 1440. The first kappa shape index (κ1) is 33.0.